The van der Waals surface area contributed by atoms with Gasteiger partial charge in [0.2, 0.25) is 5.91 Å². The molecule has 1 N–H and O–H groups in total. The predicted molar refractivity (Wildman–Crippen MR) is 70.5 cm³/mol. The molecule has 1 amide bonds. The molecule has 0 aliphatic rings. The van der Waals surface area contributed by atoms with Gasteiger partial charge < -0.3 is 19.5 Å². The lowest BCUT2D eigenvalue weighted by Gasteiger charge is -2.22. The number of aliphatic hydroxyl groups is 1. The Kier molecular flexibility index (Phi) is 12.3. The highest BCUT2D eigenvalue weighted by Crippen LogP contribution is 2.01. The number of carbonyl (C=O) groups is 1. The normalized spacial score (nSPS) is 10.6. The van der Waals surface area contributed by atoms with Crippen LogP contribution in [0, 0.1) is 0 Å². The number of aliphatic hydroxyl groups excluding tert-OH is 1. The summed E-state index contributed by atoms with van der Waals surface area (Å²) >= 11 is 0. The number of ether oxygens (including phenoxy) is 2. The van der Waals surface area contributed by atoms with Gasteiger partial charge in [-0.2, -0.15) is 0 Å². The Hall–Kier alpha value is -0.650. The minimum Gasteiger partial charge on any atom is -0.396 e. The van der Waals surface area contributed by atoms with Gasteiger partial charge in [-0.1, -0.05) is 0 Å². The summed E-state index contributed by atoms with van der Waals surface area (Å²) in [6.07, 6.45) is 1.89. The van der Waals surface area contributed by atoms with Crippen LogP contribution in [0.3, 0.4) is 0 Å². The Morgan fingerprint density at radius 1 is 1.06 bits per heavy atom. The van der Waals surface area contributed by atoms with Crippen molar-refractivity contribution in [3.63, 3.8) is 0 Å². The zero-order valence-corrected chi connectivity index (χ0v) is 11.7. The number of rotatable bonds is 12. The van der Waals surface area contributed by atoms with Gasteiger partial charge in [0.15, 0.2) is 0 Å². The largest absolute Gasteiger partial charge is 0.396 e. The molecule has 0 atom stereocenters. The van der Waals surface area contributed by atoms with Crippen LogP contribution >= 0.6 is 0 Å². The molecular formula is C13H27NO4. The molecule has 0 aromatic carbocycles. The third-order valence-corrected chi connectivity index (χ3v) is 2.57. The van der Waals surface area contributed by atoms with Gasteiger partial charge in [0.1, 0.15) is 0 Å². The average molecular weight is 261 g/mol. The molecule has 0 radical (unpaired) electrons. The fourth-order valence-corrected chi connectivity index (χ4v) is 1.55. The first-order chi connectivity index (χ1) is 8.76. The molecule has 5 nitrogen and oxygen atoms in total. The zero-order chi connectivity index (χ0) is 13.6. The van der Waals surface area contributed by atoms with Crippen molar-refractivity contribution >= 4 is 5.91 Å². The topological polar surface area (TPSA) is 59.0 Å². The standard InChI is InChI=1S/C13H27NO4/c1-3-17-11-8-14(9-12-18-4-2)13(16)7-5-6-10-15/h15H,3-12H2,1-2H3. The van der Waals surface area contributed by atoms with Crippen molar-refractivity contribution in [3.05, 3.63) is 0 Å². The molecule has 18 heavy (non-hydrogen) atoms. The fraction of sp³-hybridized carbons (Fsp3) is 0.923. The van der Waals surface area contributed by atoms with Gasteiger partial charge in [-0.05, 0) is 26.7 Å². The maximum atomic E-state index is 11.9. The quantitative estimate of drug-likeness (QED) is 0.534. The van der Waals surface area contributed by atoms with Crippen LogP contribution in [0.4, 0.5) is 0 Å². The zero-order valence-electron chi connectivity index (χ0n) is 11.7. The molecule has 0 aliphatic carbocycles. The Bertz CT molecular complexity index is 189. The first-order valence-corrected chi connectivity index (χ1v) is 6.80. The van der Waals surface area contributed by atoms with Crippen LogP contribution < -0.4 is 0 Å². The summed E-state index contributed by atoms with van der Waals surface area (Å²) in [6.45, 7) is 7.70. The lowest BCUT2D eigenvalue weighted by atomic mass is 10.2. The minimum atomic E-state index is 0.114. The van der Waals surface area contributed by atoms with E-state index in [0.717, 1.165) is 6.42 Å². The number of amides is 1. The summed E-state index contributed by atoms with van der Waals surface area (Å²) in [7, 11) is 0. The van der Waals surface area contributed by atoms with Crippen molar-refractivity contribution in [2.75, 3.05) is 46.1 Å². The van der Waals surface area contributed by atoms with E-state index >= 15 is 0 Å². The summed E-state index contributed by atoms with van der Waals surface area (Å²) in [5.41, 5.74) is 0. The molecule has 0 bridgehead atoms. The molecule has 0 unspecified atom stereocenters. The first-order valence-electron chi connectivity index (χ1n) is 6.80. The van der Waals surface area contributed by atoms with E-state index in [1.807, 2.05) is 13.8 Å². The number of unbranched alkanes of at least 4 members (excludes halogenated alkanes) is 1. The molecular weight excluding hydrogens is 234 g/mol. The van der Waals surface area contributed by atoms with Crippen LogP contribution in [0.5, 0.6) is 0 Å². The van der Waals surface area contributed by atoms with Crippen molar-refractivity contribution in [3.8, 4) is 0 Å². The molecule has 0 aliphatic heterocycles. The lowest BCUT2D eigenvalue weighted by molar-refractivity contribution is -0.132. The van der Waals surface area contributed by atoms with Crippen LogP contribution in [-0.2, 0) is 14.3 Å². The predicted octanol–water partition coefficient (Wildman–Crippen LogP) is 1.05. The average Bonchev–Trinajstić information content (AvgIpc) is 2.37. The highest BCUT2D eigenvalue weighted by Gasteiger charge is 2.12. The van der Waals surface area contributed by atoms with E-state index in [9.17, 15) is 4.79 Å². The number of nitrogens with zero attached hydrogens (tertiary/aromatic N) is 1. The van der Waals surface area contributed by atoms with Crippen molar-refractivity contribution in [1.82, 2.24) is 4.90 Å². The number of hydrogen-bond donors (Lipinski definition) is 1. The smallest absolute Gasteiger partial charge is 0.222 e. The third-order valence-electron chi connectivity index (χ3n) is 2.57. The highest BCUT2D eigenvalue weighted by atomic mass is 16.5. The molecule has 0 fully saturated rings. The van der Waals surface area contributed by atoms with Gasteiger partial charge in [0.25, 0.3) is 0 Å². The number of carbonyl (C=O) groups excluding carboxylic acids is 1. The van der Waals surface area contributed by atoms with E-state index in [1.54, 1.807) is 4.90 Å². The van der Waals surface area contributed by atoms with Crippen molar-refractivity contribution in [2.24, 2.45) is 0 Å². The maximum Gasteiger partial charge on any atom is 0.222 e. The van der Waals surface area contributed by atoms with E-state index in [2.05, 4.69) is 0 Å². The van der Waals surface area contributed by atoms with Gasteiger partial charge in [0, 0.05) is 39.3 Å². The monoisotopic (exact) mass is 261 g/mol. The van der Waals surface area contributed by atoms with Crippen LogP contribution in [0.25, 0.3) is 0 Å². The Labute approximate surface area is 110 Å². The van der Waals surface area contributed by atoms with Gasteiger partial charge in [-0.15, -0.1) is 0 Å². The Balaban J connectivity index is 3.95. The molecule has 0 rings (SSSR count). The van der Waals surface area contributed by atoms with E-state index < -0.39 is 0 Å². The molecule has 5 heteroatoms. The second-order valence-electron chi connectivity index (χ2n) is 3.96. The van der Waals surface area contributed by atoms with Crippen LogP contribution in [0.2, 0.25) is 0 Å². The molecule has 0 aromatic heterocycles. The summed E-state index contributed by atoms with van der Waals surface area (Å²) in [5.74, 6) is 0.114. The molecule has 0 saturated heterocycles. The summed E-state index contributed by atoms with van der Waals surface area (Å²) in [6, 6.07) is 0. The minimum absolute atomic E-state index is 0.114. The van der Waals surface area contributed by atoms with Gasteiger partial charge in [0.05, 0.1) is 13.2 Å². The Morgan fingerprint density at radius 3 is 2.06 bits per heavy atom. The fourth-order valence-electron chi connectivity index (χ4n) is 1.55. The summed E-state index contributed by atoms with van der Waals surface area (Å²) in [5, 5.41) is 8.70. The number of hydrogen-bond acceptors (Lipinski definition) is 4. The molecule has 0 aromatic rings. The summed E-state index contributed by atoms with van der Waals surface area (Å²) < 4.78 is 10.5. The van der Waals surface area contributed by atoms with E-state index in [-0.39, 0.29) is 12.5 Å². The molecule has 0 heterocycles. The van der Waals surface area contributed by atoms with Crippen LogP contribution in [0.15, 0.2) is 0 Å². The summed E-state index contributed by atoms with van der Waals surface area (Å²) in [4.78, 5) is 13.7. The van der Waals surface area contributed by atoms with Gasteiger partial charge >= 0.3 is 0 Å². The van der Waals surface area contributed by atoms with E-state index in [0.29, 0.717) is 52.4 Å². The molecule has 0 saturated carbocycles. The second-order valence-corrected chi connectivity index (χ2v) is 3.96. The van der Waals surface area contributed by atoms with Crippen LogP contribution in [-0.4, -0.2) is 62.0 Å². The highest BCUT2D eigenvalue weighted by molar-refractivity contribution is 5.76. The van der Waals surface area contributed by atoms with Crippen molar-refractivity contribution in [1.29, 1.82) is 0 Å². The van der Waals surface area contributed by atoms with Crippen LogP contribution in [0.1, 0.15) is 33.1 Å². The van der Waals surface area contributed by atoms with Crippen molar-refractivity contribution in [2.45, 2.75) is 33.1 Å². The van der Waals surface area contributed by atoms with Gasteiger partial charge in [-0.25, -0.2) is 0 Å². The maximum absolute atomic E-state index is 11.9. The van der Waals surface area contributed by atoms with Crippen molar-refractivity contribution < 1.29 is 19.4 Å². The molecule has 108 valence electrons. The van der Waals surface area contributed by atoms with Gasteiger partial charge in [-0.3, -0.25) is 4.79 Å². The third kappa shape index (κ3) is 9.39. The van der Waals surface area contributed by atoms with E-state index in [4.69, 9.17) is 14.6 Å². The lowest BCUT2D eigenvalue weighted by Crippen LogP contribution is -2.36. The van der Waals surface area contributed by atoms with E-state index in [1.165, 1.54) is 0 Å². The Morgan fingerprint density at radius 2 is 1.61 bits per heavy atom. The first kappa shape index (κ1) is 17.4. The SMILES string of the molecule is CCOCCN(CCOCC)C(=O)CCCCO. The molecule has 0 spiro atoms. The second kappa shape index (κ2) is 12.8.